The summed E-state index contributed by atoms with van der Waals surface area (Å²) in [6.07, 6.45) is 1.21. The average Bonchev–Trinajstić information content (AvgIpc) is 2.43. The molecule has 0 aliphatic carbocycles. The Morgan fingerprint density at radius 3 is 2.48 bits per heavy atom. The molecule has 1 aromatic carbocycles. The minimum Gasteiger partial charge on any atom is -0.496 e. The molecule has 0 aliphatic rings. The summed E-state index contributed by atoms with van der Waals surface area (Å²) in [5, 5.41) is 0.238. The molecule has 21 heavy (non-hydrogen) atoms. The highest BCUT2D eigenvalue weighted by atomic mass is 35.5. The zero-order chi connectivity index (χ0) is 15.6. The fourth-order valence-electron chi connectivity index (χ4n) is 1.98. The molecule has 0 atom stereocenters. The normalized spacial score (nSPS) is 11.2. The summed E-state index contributed by atoms with van der Waals surface area (Å²) in [7, 11) is -2.16. The van der Waals surface area contributed by atoms with E-state index in [4.69, 9.17) is 16.3 Å². The quantitative estimate of drug-likeness (QED) is 0.876. The molecule has 1 heterocycles. The summed E-state index contributed by atoms with van der Waals surface area (Å²) in [5.74, 6) is 0.657. The molecule has 1 N–H and O–H groups in total. The molecule has 0 aliphatic heterocycles. The van der Waals surface area contributed by atoms with Crippen molar-refractivity contribution in [3.05, 3.63) is 46.7 Å². The fraction of sp³-hybridized carbons (Fsp3) is 0.214. The van der Waals surface area contributed by atoms with E-state index in [1.165, 1.54) is 18.3 Å². The summed E-state index contributed by atoms with van der Waals surface area (Å²) in [6, 6.07) is 6.33. The van der Waals surface area contributed by atoms with Gasteiger partial charge >= 0.3 is 0 Å². The molecule has 112 valence electrons. The number of aromatic nitrogens is 1. The van der Waals surface area contributed by atoms with Gasteiger partial charge in [-0.25, -0.2) is 13.4 Å². The van der Waals surface area contributed by atoms with Gasteiger partial charge in [-0.15, -0.1) is 0 Å². The van der Waals surface area contributed by atoms with Crippen molar-refractivity contribution in [1.82, 2.24) is 4.98 Å². The van der Waals surface area contributed by atoms with Crippen molar-refractivity contribution < 1.29 is 13.2 Å². The van der Waals surface area contributed by atoms with Gasteiger partial charge in [-0.1, -0.05) is 17.7 Å². The molecule has 2 rings (SSSR count). The summed E-state index contributed by atoms with van der Waals surface area (Å²) in [5.41, 5.74) is 2.13. The van der Waals surface area contributed by atoms with Crippen molar-refractivity contribution in [3.63, 3.8) is 0 Å². The number of anilines is 1. The van der Waals surface area contributed by atoms with Crippen LogP contribution in [-0.2, 0) is 10.0 Å². The number of aryl methyl sites for hydroxylation is 1. The highest BCUT2D eigenvalue weighted by molar-refractivity contribution is 7.92. The van der Waals surface area contributed by atoms with E-state index in [2.05, 4.69) is 9.71 Å². The predicted octanol–water partition coefficient (Wildman–Crippen LogP) is 3.16. The van der Waals surface area contributed by atoms with Crippen molar-refractivity contribution in [2.75, 3.05) is 11.8 Å². The molecule has 0 bridgehead atoms. The molecule has 1 aromatic heterocycles. The maximum atomic E-state index is 12.3. The first-order chi connectivity index (χ1) is 9.85. The van der Waals surface area contributed by atoms with Crippen LogP contribution in [-0.4, -0.2) is 20.5 Å². The Morgan fingerprint density at radius 1 is 1.19 bits per heavy atom. The lowest BCUT2D eigenvalue weighted by Gasteiger charge is -2.15. The minimum atomic E-state index is -3.72. The molecule has 7 heteroatoms. The third-order valence-electron chi connectivity index (χ3n) is 3.06. The van der Waals surface area contributed by atoms with Gasteiger partial charge in [0.2, 0.25) is 0 Å². The molecule has 0 saturated carbocycles. The van der Waals surface area contributed by atoms with Gasteiger partial charge < -0.3 is 4.74 Å². The number of halogens is 1. The summed E-state index contributed by atoms with van der Waals surface area (Å²) in [6.45, 7) is 3.69. The third kappa shape index (κ3) is 3.28. The van der Waals surface area contributed by atoms with Crippen molar-refractivity contribution in [3.8, 4) is 5.75 Å². The first-order valence-corrected chi connectivity index (χ1v) is 8.00. The van der Waals surface area contributed by atoms with Crippen LogP contribution in [0.15, 0.2) is 35.4 Å². The van der Waals surface area contributed by atoms with E-state index in [0.29, 0.717) is 11.4 Å². The van der Waals surface area contributed by atoms with Gasteiger partial charge in [0, 0.05) is 11.8 Å². The van der Waals surface area contributed by atoms with Gasteiger partial charge in [0.25, 0.3) is 10.0 Å². The topological polar surface area (TPSA) is 68.3 Å². The molecule has 0 saturated heterocycles. The zero-order valence-corrected chi connectivity index (χ0v) is 13.4. The Bertz CT molecular complexity index is 759. The SMILES string of the molecule is COc1c(C)ccc(NS(=O)(=O)c2ccc(Cl)nc2)c1C. The van der Waals surface area contributed by atoms with Crippen LogP contribution >= 0.6 is 11.6 Å². The van der Waals surface area contributed by atoms with Crippen LogP contribution in [0, 0.1) is 13.8 Å². The zero-order valence-electron chi connectivity index (χ0n) is 11.8. The Labute approximate surface area is 129 Å². The van der Waals surface area contributed by atoms with Crippen LogP contribution in [0.25, 0.3) is 0 Å². The van der Waals surface area contributed by atoms with E-state index in [1.54, 1.807) is 26.2 Å². The second-order valence-electron chi connectivity index (χ2n) is 4.51. The van der Waals surface area contributed by atoms with E-state index < -0.39 is 10.0 Å². The van der Waals surface area contributed by atoms with Gasteiger partial charge in [-0.2, -0.15) is 0 Å². The van der Waals surface area contributed by atoms with E-state index in [1.807, 2.05) is 6.92 Å². The number of rotatable bonds is 4. The summed E-state index contributed by atoms with van der Waals surface area (Å²) in [4.78, 5) is 3.83. The van der Waals surface area contributed by atoms with Crippen LogP contribution in [0.5, 0.6) is 5.75 Å². The number of nitrogens with zero attached hydrogens (tertiary/aromatic N) is 1. The first kappa shape index (κ1) is 15.6. The molecular weight excluding hydrogens is 312 g/mol. The number of methoxy groups -OCH3 is 1. The van der Waals surface area contributed by atoms with Crippen molar-refractivity contribution >= 4 is 27.3 Å². The van der Waals surface area contributed by atoms with Crippen LogP contribution in [0.1, 0.15) is 11.1 Å². The van der Waals surface area contributed by atoms with Crippen LogP contribution in [0.3, 0.4) is 0 Å². The lowest BCUT2D eigenvalue weighted by Crippen LogP contribution is -2.14. The predicted molar refractivity (Wildman–Crippen MR) is 82.5 cm³/mol. The van der Waals surface area contributed by atoms with Crippen LogP contribution in [0.2, 0.25) is 5.15 Å². The molecule has 0 fully saturated rings. The molecule has 0 amide bonds. The second-order valence-corrected chi connectivity index (χ2v) is 6.58. The number of nitrogens with one attached hydrogen (secondary N) is 1. The summed E-state index contributed by atoms with van der Waals surface area (Å²) >= 11 is 5.66. The van der Waals surface area contributed by atoms with E-state index >= 15 is 0 Å². The van der Waals surface area contributed by atoms with E-state index in [0.717, 1.165) is 11.1 Å². The Kier molecular flexibility index (Phi) is 4.39. The van der Waals surface area contributed by atoms with Crippen LogP contribution < -0.4 is 9.46 Å². The maximum Gasteiger partial charge on any atom is 0.263 e. The molecule has 2 aromatic rings. The van der Waals surface area contributed by atoms with Gasteiger partial charge in [0.15, 0.2) is 0 Å². The smallest absolute Gasteiger partial charge is 0.263 e. The number of ether oxygens (including phenoxy) is 1. The number of pyridine rings is 1. The average molecular weight is 327 g/mol. The maximum absolute atomic E-state index is 12.3. The van der Waals surface area contributed by atoms with Gasteiger partial charge in [0.05, 0.1) is 12.8 Å². The number of hydrogen-bond donors (Lipinski definition) is 1. The van der Waals surface area contributed by atoms with Crippen LogP contribution in [0.4, 0.5) is 5.69 Å². The Balaban J connectivity index is 2.39. The lowest BCUT2D eigenvalue weighted by molar-refractivity contribution is 0.409. The highest BCUT2D eigenvalue weighted by Crippen LogP contribution is 2.30. The Morgan fingerprint density at radius 2 is 1.90 bits per heavy atom. The van der Waals surface area contributed by atoms with Gasteiger partial charge in [-0.3, -0.25) is 4.72 Å². The molecular formula is C14H15ClN2O3S. The molecule has 0 radical (unpaired) electrons. The molecule has 0 unspecified atom stereocenters. The third-order valence-corrected chi connectivity index (χ3v) is 4.64. The van der Waals surface area contributed by atoms with Gasteiger partial charge in [-0.05, 0) is 37.6 Å². The number of benzene rings is 1. The molecule has 5 nitrogen and oxygen atoms in total. The first-order valence-electron chi connectivity index (χ1n) is 6.13. The largest absolute Gasteiger partial charge is 0.496 e. The number of sulfonamides is 1. The van der Waals surface area contributed by atoms with Crippen molar-refractivity contribution in [2.45, 2.75) is 18.7 Å². The fourth-order valence-corrected chi connectivity index (χ4v) is 3.16. The minimum absolute atomic E-state index is 0.0471. The second kappa shape index (κ2) is 5.91. The number of hydrogen-bond acceptors (Lipinski definition) is 4. The van der Waals surface area contributed by atoms with Crippen molar-refractivity contribution in [1.29, 1.82) is 0 Å². The Hall–Kier alpha value is -1.79. The van der Waals surface area contributed by atoms with Gasteiger partial charge in [0.1, 0.15) is 15.8 Å². The molecule has 0 spiro atoms. The summed E-state index contributed by atoms with van der Waals surface area (Å²) < 4.78 is 32.5. The van der Waals surface area contributed by atoms with Crippen molar-refractivity contribution in [2.24, 2.45) is 0 Å². The highest BCUT2D eigenvalue weighted by Gasteiger charge is 2.17. The standard InChI is InChI=1S/C14H15ClN2O3S/c1-9-4-6-12(10(2)14(9)20-3)17-21(18,19)11-5-7-13(15)16-8-11/h4-8,17H,1-3H3. The van der Waals surface area contributed by atoms with E-state index in [-0.39, 0.29) is 10.0 Å². The monoisotopic (exact) mass is 326 g/mol. The lowest BCUT2D eigenvalue weighted by atomic mass is 10.1. The van der Waals surface area contributed by atoms with E-state index in [9.17, 15) is 8.42 Å².